The Kier molecular flexibility index (Phi) is 6.09. The fraction of sp³-hybridized carbons (Fsp3) is 0.929. The molecule has 0 aromatic rings. The zero-order valence-electron chi connectivity index (χ0n) is 12.4. The van der Waals surface area contributed by atoms with Gasteiger partial charge in [0.25, 0.3) is 0 Å². The number of carbonyl (C=O) groups excluding carboxylic acids is 1. The van der Waals surface area contributed by atoms with E-state index in [0.29, 0.717) is 11.8 Å². The fourth-order valence-corrected chi connectivity index (χ4v) is 2.51. The predicted molar refractivity (Wildman–Crippen MR) is 75.3 cm³/mol. The molecule has 0 radical (unpaired) electrons. The molecule has 1 fully saturated rings. The zero-order valence-corrected chi connectivity index (χ0v) is 12.4. The summed E-state index contributed by atoms with van der Waals surface area (Å²) in [5, 5.41) is 0. The van der Waals surface area contributed by atoms with Crippen LogP contribution in [0.4, 0.5) is 0 Å². The van der Waals surface area contributed by atoms with Crippen molar-refractivity contribution in [3.63, 3.8) is 0 Å². The molecule has 2 N–H and O–H groups in total. The molecule has 106 valence electrons. The third kappa shape index (κ3) is 4.94. The monoisotopic (exact) mass is 255 g/mol. The maximum atomic E-state index is 12.1. The summed E-state index contributed by atoms with van der Waals surface area (Å²) in [5.74, 6) is 1.30. The lowest BCUT2D eigenvalue weighted by atomic mass is 10.0. The molecule has 1 atom stereocenters. The summed E-state index contributed by atoms with van der Waals surface area (Å²) >= 11 is 0. The van der Waals surface area contributed by atoms with Crippen LogP contribution in [-0.4, -0.2) is 54.5 Å². The molecule has 1 rings (SSSR count). The summed E-state index contributed by atoms with van der Waals surface area (Å²) in [6.07, 6.45) is 0.783. The van der Waals surface area contributed by atoms with Crippen LogP contribution in [-0.2, 0) is 4.79 Å². The van der Waals surface area contributed by atoms with Crippen LogP contribution in [0.25, 0.3) is 0 Å². The maximum Gasteiger partial charge on any atom is 0.239 e. The molecule has 1 amide bonds. The molecule has 0 saturated carbocycles. The van der Waals surface area contributed by atoms with Crippen LogP contribution < -0.4 is 5.73 Å². The van der Waals surface area contributed by atoms with Crippen LogP contribution in [0.3, 0.4) is 0 Å². The molecule has 0 bridgehead atoms. The van der Waals surface area contributed by atoms with Gasteiger partial charge in [-0.2, -0.15) is 0 Å². The van der Waals surface area contributed by atoms with Crippen molar-refractivity contribution >= 4 is 5.91 Å². The first-order chi connectivity index (χ1) is 8.40. The highest BCUT2D eigenvalue weighted by Gasteiger charge is 2.25. The largest absolute Gasteiger partial charge is 0.339 e. The molecule has 1 aliphatic rings. The molecule has 4 heteroatoms. The second-order valence-electron chi connectivity index (χ2n) is 6.26. The molecule has 1 saturated heterocycles. The highest BCUT2D eigenvalue weighted by Crippen LogP contribution is 2.09. The number of carbonyl (C=O) groups is 1. The van der Waals surface area contributed by atoms with E-state index in [9.17, 15) is 4.79 Å². The van der Waals surface area contributed by atoms with Gasteiger partial charge in [-0.15, -0.1) is 0 Å². The van der Waals surface area contributed by atoms with Crippen LogP contribution in [0.5, 0.6) is 0 Å². The Bertz CT molecular complexity index is 258. The van der Waals surface area contributed by atoms with Gasteiger partial charge in [0.05, 0.1) is 6.04 Å². The van der Waals surface area contributed by atoms with E-state index in [2.05, 4.69) is 32.6 Å². The van der Waals surface area contributed by atoms with Crippen molar-refractivity contribution in [2.24, 2.45) is 17.6 Å². The van der Waals surface area contributed by atoms with Gasteiger partial charge in [-0.1, -0.05) is 27.7 Å². The Morgan fingerprint density at radius 1 is 1.06 bits per heavy atom. The zero-order chi connectivity index (χ0) is 13.7. The molecule has 1 aliphatic heterocycles. The topological polar surface area (TPSA) is 49.6 Å². The number of hydrogen-bond donors (Lipinski definition) is 1. The summed E-state index contributed by atoms with van der Waals surface area (Å²) in [6, 6.07) is -0.318. The first-order valence-electron chi connectivity index (χ1n) is 7.17. The van der Waals surface area contributed by atoms with Crippen molar-refractivity contribution in [1.29, 1.82) is 0 Å². The number of nitrogens with two attached hydrogens (primary N) is 1. The van der Waals surface area contributed by atoms with Gasteiger partial charge in [-0.3, -0.25) is 9.69 Å². The van der Waals surface area contributed by atoms with Crippen molar-refractivity contribution < 1.29 is 4.79 Å². The highest BCUT2D eigenvalue weighted by molar-refractivity contribution is 5.81. The molecule has 0 spiro atoms. The minimum Gasteiger partial charge on any atom is -0.339 e. The Hall–Kier alpha value is -0.610. The van der Waals surface area contributed by atoms with E-state index >= 15 is 0 Å². The molecule has 4 nitrogen and oxygen atoms in total. The van der Waals surface area contributed by atoms with Crippen molar-refractivity contribution in [3.8, 4) is 0 Å². The Morgan fingerprint density at radius 3 is 2.06 bits per heavy atom. The number of rotatable bonds is 5. The van der Waals surface area contributed by atoms with Gasteiger partial charge in [-0.05, 0) is 18.3 Å². The molecular formula is C14H29N3O. The standard InChI is InChI=1S/C14H29N3O/c1-11(2)9-13(15)14(18)17-7-5-16(6-8-17)10-12(3)4/h11-13H,5-10,15H2,1-4H3/t13-/m0/s1. The maximum absolute atomic E-state index is 12.1. The first-order valence-corrected chi connectivity index (χ1v) is 7.17. The van der Waals surface area contributed by atoms with E-state index < -0.39 is 0 Å². The normalized spacial score (nSPS) is 19.6. The molecular weight excluding hydrogens is 226 g/mol. The van der Waals surface area contributed by atoms with E-state index in [0.717, 1.165) is 39.1 Å². The van der Waals surface area contributed by atoms with E-state index in [4.69, 9.17) is 5.73 Å². The van der Waals surface area contributed by atoms with Crippen molar-refractivity contribution in [2.45, 2.75) is 40.2 Å². The van der Waals surface area contributed by atoms with Crippen LogP contribution >= 0.6 is 0 Å². The highest BCUT2D eigenvalue weighted by atomic mass is 16.2. The fourth-order valence-electron chi connectivity index (χ4n) is 2.51. The number of piperazine rings is 1. The summed E-state index contributed by atoms with van der Waals surface area (Å²) in [6.45, 7) is 13.4. The van der Waals surface area contributed by atoms with E-state index in [1.54, 1.807) is 0 Å². The van der Waals surface area contributed by atoms with Crippen LogP contribution in [0.15, 0.2) is 0 Å². The first kappa shape index (κ1) is 15.4. The average Bonchev–Trinajstić information content (AvgIpc) is 2.27. The van der Waals surface area contributed by atoms with Gasteiger partial charge in [0.1, 0.15) is 0 Å². The number of amides is 1. The van der Waals surface area contributed by atoms with E-state index in [1.165, 1.54) is 0 Å². The van der Waals surface area contributed by atoms with Crippen LogP contribution in [0.1, 0.15) is 34.1 Å². The lowest BCUT2D eigenvalue weighted by molar-refractivity contribution is -0.134. The molecule has 0 aliphatic carbocycles. The van der Waals surface area contributed by atoms with Gasteiger partial charge in [0, 0.05) is 32.7 Å². The second-order valence-corrected chi connectivity index (χ2v) is 6.26. The molecule has 0 aromatic carbocycles. The molecule has 1 heterocycles. The molecule has 18 heavy (non-hydrogen) atoms. The van der Waals surface area contributed by atoms with Crippen molar-refractivity contribution in [3.05, 3.63) is 0 Å². The Morgan fingerprint density at radius 2 is 1.61 bits per heavy atom. The number of hydrogen-bond acceptors (Lipinski definition) is 3. The molecule has 0 aromatic heterocycles. The predicted octanol–water partition coefficient (Wildman–Crippen LogP) is 1.16. The third-order valence-corrected chi connectivity index (χ3v) is 3.35. The van der Waals surface area contributed by atoms with Gasteiger partial charge in [0.15, 0.2) is 0 Å². The van der Waals surface area contributed by atoms with Crippen molar-refractivity contribution in [2.75, 3.05) is 32.7 Å². The summed E-state index contributed by atoms with van der Waals surface area (Å²) < 4.78 is 0. The van der Waals surface area contributed by atoms with Crippen molar-refractivity contribution in [1.82, 2.24) is 9.80 Å². The third-order valence-electron chi connectivity index (χ3n) is 3.35. The summed E-state index contributed by atoms with van der Waals surface area (Å²) in [5.41, 5.74) is 5.96. The smallest absolute Gasteiger partial charge is 0.239 e. The van der Waals surface area contributed by atoms with Gasteiger partial charge in [0.2, 0.25) is 5.91 Å². The van der Waals surface area contributed by atoms with Gasteiger partial charge >= 0.3 is 0 Å². The summed E-state index contributed by atoms with van der Waals surface area (Å²) in [7, 11) is 0. The lowest BCUT2D eigenvalue weighted by Gasteiger charge is -2.36. The van der Waals surface area contributed by atoms with Crippen LogP contribution in [0, 0.1) is 11.8 Å². The van der Waals surface area contributed by atoms with Gasteiger partial charge < -0.3 is 10.6 Å². The minimum atomic E-state index is -0.318. The van der Waals surface area contributed by atoms with E-state index in [-0.39, 0.29) is 11.9 Å². The second kappa shape index (κ2) is 7.10. The Labute approximate surface area is 111 Å². The van der Waals surface area contributed by atoms with Gasteiger partial charge in [-0.25, -0.2) is 0 Å². The SMILES string of the molecule is CC(C)C[C@H](N)C(=O)N1CCN(CC(C)C)CC1. The Balaban J connectivity index is 2.35. The average molecular weight is 255 g/mol. The lowest BCUT2D eigenvalue weighted by Crippen LogP contribution is -2.53. The summed E-state index contributed by atoms with van der Waals surface area (Å²) in [4.78, 5) is 16.5. The minimum absolute atomic E-state index is 0.132. The van der Waals surface area contributed by atoms with E-state index in [1.807, 2.05) is 4.90 Å². The molecule has 0 unspecified atom stereocenters. The quantitative estimate of drug-likeness (QED) is 0.802. The van der Waals surface area contributed by atoms with Crippen LogP contribution in [0.2, 0.25) is 0 Å². The number of nitrogens with zero attached hydrogens (tertiary/aromatic N) is 2.